The normalized spacial score (nSPS) is 19.9. The van der Waals surface area contributed by atoms with Crippen molar-refractivity contribution in [1.82, 2.24) is 14.6 Å². The van der Waals surface area contributed by atoms with E-state index in [1.54, 1.807) is 10.7 Å². The first-order valence-corrected chi connectivity index (χ1v) is 9.54. The lowest BCUT2D eigenvalue weighted by molar-refractivity contribution is 0.340. The number of aromatic nitrogens is 3. The average Bonchev–Trinajstić information content (AvgIpc) is 3.14. The quantitative estimate of drug-likeness (QED) is 0.639. The van der Waals surface area contributed by atoms with Crippen LogP contribution >= 0.6 is 0 Å². The Morgan fingerprint density at radius 1 is 1.19 bits per heavy atom. The summed E-state index contributed by atoms with van der Waals surface area (Å²) < 4.78 is 7.25. The number of hydrogen-bond acceptors (Lipinski definition) is 6. The molecule has 4 rings (SSSR count). The molecular formula is C20H26N6O. The lowest BCUT2D eigenvalue weighted by Gasteiger charge is -2.28. The first-order valence-electron chi connectivity index (χ1n) is 9.54. The van der Waals surface area contributed by atoms with E-state index < -0.39 is 0 Å². The summed E-state index contributed by atoms with van der Waals surface area (Å²) in [6.07, 6.45) is 7.58. The second-order valence-corrected chi connectivity index (χ2v) is 7.07. The largest absolute Gasteiger partial charge is 0.494 e. The lowest BCUT2D eigenvalue weighted by atomic mass is 9.81. The molecule has 0 spiro atoms. The molecule has 142 valence electrons. The van der Waals surface area contributed by atoms with Crippen LogP contribution in [0.4, 0.5) is 17.2 Å². The third-order valence-corrected chi connectivity index (χ3v) is 5.22. The van der Waals surface area contributed by atoms with Crippen molar-refractivity contribution in [2.75, 3.05) is 17.7 Å². The number of nitrogens with two attached hydrogens (primary N) is 2. The van der Waals surface area contributed by atoms with E-state index in [0.717, 1.165) is 48.5 Å². The number of ether oxygens (including phenoxy) is 1. The number of nitrogen functional groups attached to an aromatic ring is 1. The van der Waals surface area contributed by atoms with Crippen LogP contribution in [-0.4, -0.2) is 27.2 Å². The molecule has 0 radical (unpaired) electrons. The van der Waals surface area contributed by atoms with Gasteiger partial charge in [0.15, 0.2) is 11.5 Å². The molecule has 7 nitrogen and oxygen atoms in total. The molecule has 5 N–H and O–H groups in total. The summed E-state index contributed by atoms with van der Waals surface area (Å²) in [5.41, 5.74) is 16.0. The van der Waals surface area contributed by atoms with Crippen molar-refractivity contribution in [3.05, 3.63) is 42.2 Å². The van der Waals surface area contributed by atoms with Gasteiger partial charge in [-0.15, -0.1) is 5.10 Å². The topological polar surface area (TPSA) is 103 Å². The maximum absolute atomic E-state index is 6.53. The summed E-state index contributed by atoms with van der Waals surface area (Å²) in [5.74, 6) is 1.97. The van der Waals surface area contributed by atoms with Crippen molar-refractivity contribution in [1.29, 1.82) is 0 Å². The van der Waals surface area contributed by atoms with Crippen molar-refractivity contribution < 1.29 is 4.74 Å². The minimum atomic E-state index is 0.285. The molecule has 27 heavy (non-hydrogen) atoms. The number of nitrogens with zero attached hydrogens (tertiary/aromatic N) is 3. The van der Waals surface area contributed by atoms with Gasteiger partial charge in [-0.2, -0.15) is 0 Å². The first-order chi connectivity index (χ1) is 13.2. The zero-order valence-electron chi connectivity index (χ0n) is 15.6. The second kappa shape index (κ2) is 7.44. The molecule has 1 fully saturated rings. The average molecular weight is 366 g/mol. The van der Waals surface area contributed by atoms with E-state index >= 15 is 0 Å². The molecule has 1 aromatic carbocycles. The third-order valence-electron chi connectivity index (χ3n) is 5.22. The van der Waals surface area contributed by atoms with E-state index in [2.05, 4.69) is 10.3 Å². The van der Waals surface area contributed by atoms with Crippen LogP contribution in [0, 0.1) is 0 Å². The van der Waals surface area contributed by atoms with Gasteiger partial charge in [-0.3, -0.25) is 0 Å². The molecule has 0 amide bonds. The monoisotopic (exact) mass is 366 g/mol. The van der Waals surface area contributed by atoms with Gasteiger partial charge < -0.3 is 21.5 Å². The summed E-state index contributed by atoms with van der Waals surface area (Å²) >= 11 is 0. The van der Waals surface area contributed by atoms with Gasteiger partial charge in [0.2, 0.25) is 0 Å². The van der Waals surface area contributed by atoms with E-state index in [1.165, 1.54) is 0 Å². The van der Waals surface area contributed by atoms with Gasteiger partial charge in [-0.05, 0) is 62.8 Å². The molecule has 0 saturated heterocycles. The minimum absolute atomic E-state index is 0.285. The van der Waals surface area contributed by atoms with Crippen LogP contribution in [0.15, 0.2) is 36.7 Å². The molecule has 0 bridgehead atoms. The predicted octanol–water partition coefficient (Wildman–Crippen LogP) is 3.44. The van der Waals surface area contributed by atoms with Crippen molar-refractivity contribution in [2.24, 2.45) is 5.73 Å². The summed E-state index contributed by atoms with van der Waals surface area (Å²) in [6.45, 7) is 2.62. The predicted molar refractivity (Wildman–Crippen MR) is 107 cm³/mol. The van der Waals surface area contributed by atoms with E-state index in [-0.39, 0.29) is 6.04 Å². The van der Waals surface area contributed by atoms with Crippen LogP contribution in [-0.2, 0) is 0 Å². The Morgan fingerprint density at radius 3 is 2.63 bits per heavy atom. The summed E-state index contributed by atoms with van der Waals surface area (Å²) in [7, 11) is 0. The molecule has 2 heterocycles. The number of fused-ring (bicyclic) bond motifs is 1. The fourth-order valence-electron chi connectivity index (χ4n) is 3.83. The Bertz CT molecular complexity index is 912. The number of rotatable bonds is 5. The summed E-state index contributed by atoms with van der Waals surface area (Å²) in [4.78, 5) is 4.38. The van der Waals surface area contributed by atoms with Crippen LogP contribution < -0.4 is 21.5 Å². The lowest BCUT2D eigenvalue weighted by Crippen LogP contribution is -2.26. The Labute approximate surface area is 158 Å². The molecular weight excluding hydrogens is 340 g/mol. The van der Waals surface area contributed by atoms with Crippen LogP contribution in [0.5, 0.6) is 5.75 Å². The van der Waals surface area contributed by atoms with Gasteiger partial charge in [0.05, 0.1) is 12.3 Å². The van der Waals surface area contributed by atoms with Gasteiger partial charge in [0.25, 0.3) is 0 Å². The SMILES string of the molecule is CCOc1ccc(Nc2nn3ccnc3c(N)c2C2CCC(N)CC2)cc1. The highest BCUT2D eigenvalue weighted by Gasteiger charge is 2.27. The van der Waals surface area contributed by atoms with E-state index in [0.29, 0.717) is 23.9 Å². The fourth-order valence-corrected chi connectivity index (χ4v) is 3.83. The summed E-state index contributed by atoms with van der Waals surface area (Å²) in [6, 6.07) is 8.16. The first kappa shape index (κ1) is 17.6. The molecule has 1 saturated carbocycles. The minimum Gasteiger partial charge on any atom is -0.494 e. The number of hydrogen-bond donors (Lipinski definition) is 3. The number of imidazole rings is 1. The molecule has 2 aromatic heterocycles. The Hall–Kier alpha value is -2.80. The van der Waals surface area contributed by atoms with Crippen molar-refractivity contribution in [3.63, 3.8) is 0 Å². The van der Waals surface area contributed by atoms with E-state index in [4.69, 9.17) is 21.3 Å². The molecule has 1 aliphatic carbocycles. The van der Waals surface area contributed by atoms with E-state index in [9.17, 15) is 0 Å². The smallest absolute Gasteiger partial charge is 0.177 e. The molecule has 7 heteroatoms. The van der Waals surface area contributed by atoms with Crippen LogP contribution in [0.2, 0.25) is 0 Å². The van der Waals surface area contributed by atoms with Crippen molar-refractivity contribution in [2.45, 2.75) is 44.6 Å². The van der Waals surface area contributed by atoms with Crippen LogP contribution in [0.1, 0.15) is 44.1 Å². The molecule has 0 aliphatic heterocycles. The zero-order chi connectivity index (χ0) is 18.8. The fraction of sp³-hybridized carbons (Fsp3) is 0.400. The van der Waals surface area contributed by atoms with E-state index in [1.807, 2.05) is 37.4 Å². The molecule has 3 aromatic rings. The Morgan fingerprint density at radius 2 is 1.93 bits per heavy atom. The van der Waals surface area contributed by atoms with Crippen LogP contribution in [0.3, 0.4) is 0 Å². The summed E-state index contributed by atoms with van der Waals surface area (Å²) in [5, 5.41) is 8.19. The molecule has 1 aliphatic rings. The standard InChI is InChI=1S/C20H26N6O/c1-2-27-16-9-7-15(8-10-16)24-19-17(13-3-5-14(21)6-4-13)18(22)20-23-11-12-26(20)25-19/h7-14H,2-6,21-22H2,1H3,(H,24,25). The van der Waals surface area contributed by atoms with Gasteiger partial charge in [-0.1, -0.05) is 0 Å². The van der Waals surface area contributed by atoms with Gasteiger partial charge in [-0.25, -0.2) is 9.50 Å². The highest BCUT2D eigenvalue weighted by atomic mass is 16.5. The van der Waals surface area contributed by atoms with Crippen LogP contribution in [0.25, 0.3) is 5.65 Å². The number of benzene rings is 1. The Kier molecular flexibility index (Phi) is 4.85. The highest BCUT2D eigenvalue weighted by Crippen LogP contribution is 2.40. The second-order valence-electron chi connectivity index (χ2n) is 7.07. The van der Waals surface area contributed by atoms with Crippen molar-refractivity contribution >= 4 is 22.8 Å². The molecule has 0 unspecified atom stereocenters. The third kappa shape index (κ3) is 3.55. The zero-order valence-corrected chi connectivity index (χ0v) is 15.6. The Balaban J connectivity index is 1.70. The maximum Gasteiger partial charge on any atom is 0.177 e. The maximum atomic E-state index is 6.53. The highest BCUT2D eigenvalue weighted by molar-refractivity contribution is 5.76. The van der Waals surface area contributed by atoms with Gasteiger partial charge in [0, 0.05) is 29.7 Å². The van der Waals surface area contributed by atoms with Crippen molar-refractivity contribution in [3.8, 4) is 5.75 Å². The van der Waals surface area contributed by atoms with Gasteiger partial charge >= 0.3 is 0 Å². The molecule has 0 atom stereocenters. The van der Waals surface area contributed by atoms with Gasteiger partial charge in [0.1, 0.15) is 5.75 Å². The number of nitrogens with one attached hydrogen (secondary N) is 1. The number of anilines is 3.